The van der Waals surface area contributed by atoms with E-state index in [4.69, 9.17) is 11.8 Å². The zero-order chi connectivity index (χ0) is 8.69. The van der Waals surface area contributed by atoms with Crippen LogP contribution >= 0.6 is 11.8 Å². The average Bonchev–Trinajstić information content (AvgIpc) is 2.05. The number of carbonyl (C=O) groups excluding carboxylic acids is 1. The molecule has 0 saturated heterocycles. The summed E-state index contributed by atoms with van der Waals surface area (Å²) in [5.74, 6) is 0.0649. The minimum Gasteiger partial charge on any atom is -0.273 e. The zero-order valence-corrected chi connectivity index (χ0v) is 7.95. The van der Waals surface area contributed by atoms with E-state index in [2.05, 4.69) is 11.8 Å². The van der Waals surface area contributed by atoms with E-state index in [0.29, 0.717) is 0 Å². The first-order chi connectivity index (χ1) is 5.26. The smallest absolute Gasteiger partial charge is 0.237 e. The molecule has 0 aromatic rings. The number of unbranched alkanes of at least 4 members (excludes halogenated alkanes) is 1. The van der Waals surface area contributed by atoms with Gasteiger partial charge in [-0.25, -0.2) is 0 Å². The van der Waals surface area contributed by atoms with Gasteiger partial charge in [0.25, 0.3) is 0 Å². The fraction of sp³-hybridized carbons (Fsp3) is 0.875. The molecule has 0 bridgehead atoms. The summed E-state index contributed by atoms with van der Waals surface area (Å²) in [5.41, 5.74) is 0. The van der Waals surface area contributed by atoms with Gasteiger partial charge in [-0.05, 0) is 12.8 Å². The van der Waals surface area contributed by atoms with Crippen molar-refractivity contribution in [2.75, 3.05) is 0 Å². The highest BCUT2D eigenvalue weighted by Gasteiger charge is 2.13. The normalized spacial score (nSPS) is 12.6. The van der Waals surface area contributed by atoms with Crippen LogP contribution in [-0.4, -0.2) is 5.91 Å². The summed E-state index contributed by atoms with van der Waals surface area (Å²) >= 11 is 5.20. The molecule has 1 amide bonds. The topological polar surface area (TPSA) is 29.1 Å². The number of halogens is 1. The lowest BCUT2D eigenvalue weighted by atomic mass is 9.99. The minimum atomic E-state index is -0.0392. The third-order valence-corrected chi connectivity index (χ3v) is 2.05. The van der Waals surface area contributed by atoms with Gasteiger partial charge in [0, 0.05) is 17.7 Å². The Bertz CT molecular complexity index is 117. The predicted octanol–water partition coefficient (Wildman–Crippen LogP) is 2.47. The molecule has 1 atom stereocenters. The number of hydrogen-bond acceptors (Lipinski definition) is 1. The van der Waals surface area contributed by atoms with Crippen molar-refractivity contribution in [3.05, 3.63) is 0 Å². The third-order valence-electron chi connectivity index (χ3n) is 1.86. The van der Waals surface area contributed by atoms with Gasteiger partial charge < -0.3 is 0 Å². The van der Waals surface area contributed by atoms with E-state index >= 15 is 0 Å². The first-order valence-electron chi connectivity index (χ1n) is 4.16. The van der Waals surface area contributed by atoms with Crippen molar-refractivity contribution in [3.63, 3.8) is 0 Å². The van der Waals surface area contributed by atoms with Crippen LogP contribution in [0.4, 0.5) is 0 Å². The largest absolute Gasteiger partial charge is 0.273 e. The molecule has 1 unspecified atom stereocenters. The molecule has 11 heavy (non-hydrogen) atoms. The van der Waals surface area contributed by atoms with E-state index in [1.54, 1.807) is 0 Å². The molecule has 0 radical (unpaired) electrons. The molecule has 0 fully saturated rings. The van der Waals surface area contributed by atoms with Gasteiger partial charge in [-0.1, -0.05) is 26.7 Å². The minimum absolute atomic E-state index is 0.0392. The van der Waals surface area contributed by atoms with Crippen LogP contribution in [0.5, 0.6) is 0 Å². The van der Waals surface area contributed by atoms with Crippen LogP contribution in [-0.2, 0) is 4.79 Å². The number of amides is 1. The maximum atomic E-state index is 11.0. The molecule has 0 saturated carbocycles. The second-order valence-corrected chi connectivity index (χ2v) is 2.90. The summed E-state index contributed by atoms with van der Waals surface area (Å²) in [7, 11) is 0. The van der Waals surface area contributed by atoms with Gasteiger partial charge in [0.1, 0.15) is 0 Å². The lowest BCUT2D eigenvalue weighted by molar-refractivity contribution is -0.123. The van der Waals surface area contributed by atoms with Gasteiger partial charge in [-0.3, -0.25) is 9.63 Å². The summed E-state index contributed by atoms with van der Waals surface area (Å²) in [6, 6.07) is 0. The Kier molecular flexibility index (Phi) is 6.33. The van der Waals surface area contributed by atoms with Crippen LogP contribution in [0.15, 0.2) is 0 Å². The zero-order valence-electron chi connectivity index (χ0n) is 7.19. The Morgan fingerprint density at radius 2 is 2.18 bits per heavy atom. The summed E-state index contributed by atoms with van der Waals surface area (Å²) in [4.78, 5) is 13.2. The number of rotatable bonds is 5. The van der Waals surface area contributed by atoms with E-state index in [9.17, 15) is 4.79 Å². The van der Waals surface area contributed by atoms with Gasteiger partial charge in [-0.2, -0.15) is 0 Å². The second kappa shape index (κ2) is 6.47. The fourth-order valence-corrected chi connectivity index (χ4v) is 1.20. The molecule has 66 valence electrons. The monoisotopic (exact) mass is 177 g/mol. The molecule has 0 heterocycles. The van der Waals surface area contributed by atoms with Crippen LogP contribution in [0.1, 0.15) is 39.5 Å². The van der Waals surface area contributed by atoms with Crippen LogP contribution in [0.2, 0.25) is 0 Å². The molecule has 0 aliphatic carbocycles. The lowest BCUT2D eigenvalue weighted by Crippen LogP contribution is -2.23. The van der Waals surface area contributed by atoms with Crippen LogP contribution < -0.4 is 4.84 Å². The van der Waals surface area contributed by atoms with E-state index in [1.807, 2.05) is 6.92 Å². The van der Waals surface area contributed by atoms with Gasteiger partial charge in [0.05, 0.1) is 0 Å². The third kappa shape index (κ3) is 4.25. The Balaban J connectivity index is 3.65. The number of hydrogen-bond donors (Lipinski definition) is 1. The van der Waals surface area contributed by atoms with E-state index in [-0.39, 0.29) is 11.8 Å². The molecule has 0 rings (SSSR count). The highest BCUT2D eigenvalue weighted by atomic mass is 35.5. The molecule has 0 aliphatic heterocycles. The molecular weight excluding hydrogens is 162 g/mol. The van der Waals surface area contributed by atoms with Crippen molar-refractivity contribution < 1.29 is 4.79 Å². The van der Waals surface area contributed by atoms with Gasteiger partial charge in [-0.15, -0.1) is 0 Å². The maximum Gasteiger partial charge on any atom is 0.237 e. The molecular formula is C8H16ClNO. The fourth-order valence-electron chi connectivity index (χ4n) is 1.05. The van der Waals surface area contributed by atoms with Crippen LogP contribution in [0.25, 0.3) is 0 Å². The Morgan fingerprint density at radius 3 is 2.55 bits per heavy atom. The van der Waals surface area contributed by atoms with Crippen molar-refractivity contribution >= 4 is 17.7 Å². The van der Waals surface area contributed by atoms with Crippen molar-refractivity contribution in [1.82, 2.24) is 4.84 Å². The van der Waals surface area contributed by atoms with Gasteiger partial charge >= 0.3 is 0 Å². The summed E-state index contributed by atoms with van der Waals surface area (Å²) < 4.78 is 0. The van der Waals surface area contributed by atoms with Gasteiger partial charge in [0.15, 0.2) is 0 Å². The Labute approximate surface area is 73.4 Å². The summed E-state index contributed by atoms with van der Waals surface area (Å²) in [6.45, 7) is 4.12. The number of carbonyl (C=O) groups is 1. The number of nitrogens with one attached hydrogen (secondary N) is 1. The lowest BCUT2D eigenvalue weighted by Gasteiger charge is -2.10. The molecule has 3 heteroatoms. The maximum absolute atomic E-state index is 11.0. The summed E-state index contributed by atoms with van der Waals surface area (Å²) in [5, 5.41) is 0. The van der Waals surface area contributed by atoms with E-state index in [0.717, 1.165) is 25.7 Å². The molecule has 0 aromatic heterocycles. The van der Waals surface area contributed by atoms with E-state index < -0.39 is 0 Å². The predicted molar refractivity (Wildman–Crippen MR) is 47.3 cm³/mol. The average molecular weight is 178 g/mol. The highest BCUT2D eigenvalue weighted by molar-refractivity contribution is 6.21. The first kappa shape index (κ1) is 10.8. The summed E-state index contributed by atoms with van der Waals surface area (Å²) in [6.07, 6.45) is 4.05. The highest BCUT2D eigenvalue weighted by Crippen LogP contribution is 2.12. The van der Waals surface area contributed by atoms with Crippen molar-refractivity contribution in [3.8, 4) is 0 Å². The molecule has 0 aromatic carbocycles. The Morgan fingerprint density at radius 1 is 1.55 bits per heavy atom. The Hall–Kier alpha value is -0.240. The standard InChI is InChI=1S/C8H16ClNO/c1-3-5-6-7(4-2)8(11)10-9/h7H,3-6H2,1-2H3,(H,10,11). The van der Waals surface area contributed by atoms with Crippen molar-refractivity contribution in [2.24, 2.45) is 5.92 Å². The van der Waals surface area contributed by atoms with Gasteiger partial charge in [0.2, 0.25) is 5.91 Å². The SMILES string of the molecule is CCCCC(CC)C(=O)NCl. The molecule has 2 nitrogen and oxygen atoms in total. The van der Waals surface area contributed by atoms with Crippen LogP contribution in [0.3, 0.4) is 0 Å². The van der Waals surface area contributed by atoms with Crippen molar-refractivity contribution in [1.29, 1.82) is 0 Å². The van der Waals surface area contributed by atoms with Crippen molar-refractivity contribution in [2.45, 2.75) is 39.5 Å². The second-order valence-electron chi connectivity index (χ2n) is 2.71. The molecule has 1 N–H and O–H groups in total. The molecule has 0 aliphatic rings. The quantitative estimate of drug-likeness (QED) is 0.643. The first-order valence-corrected chi connectivity index (χ1v) is 4.54. The molecule has 0 spiro atoms. The van der Waals surface area contributed by atoms with E-state index in [1.165, 1.54) is 0 Å². The van der Waals surface area contributed by atoms with Crippen LogP contribution in [0, 0.1) is 5.92 Å².